The van der Waals surface area contributed by atoms with E-state index in [1.165, 1.54) is 0 Å². The molecule has 0 saturated carbocycles. The summed E-state index contributed by atoms with van der Waals surface area (Å²) in [6.45, 7) is 3.95. The van der Waals surface area contributed by atoms with Crippen molar-refractivity contribution in [2.45, 2.75) is 19.5 Å². The van der Waals surface area contributed by atoms with Gasteiger partial charge in [0.25, 0.3) is 0 Å². The first-order chi connectivity index (χ1) is 10.6. The molecular formula is C18H19N2O2+. The highest BCUT2D eigenvalue weighted by molar-refractivity contribution is 6.13. The van der Waals surface area contributed by atoms with Gasteiger partial charge in [-0.2, -0.15) is 0 Å². The molecule has 4 nitrogen and oxygen atoms in total. The van der Waals surface area contributed by atoms with Gasteiger partial charge in [-0.25, -0.2) is 4.58 Å². The predicted octanol–water partition coefficient (Wildman–Crippen LogP) is 2.26. The zero-order valence-corrected chi connectivity index (χ0v) is 12.5. The van der Waals surface area contributed by atoms with E-state index in [2.05, 4.69) is 16.0 Å². The zero-order chi connectivity index (χ0) is 15.3. The lowest BCUT2D eigenvalue weighted by Crippen LogP contribution is -2.38. The van der Waals surface area contributed by atoms with Gasteiger partial charge in [-0.15, -0.1) is 0 Å². The van der Waals surface area contributed by atoms with Crippen molar-refractivity contribution in [3.8, 4) is 11.5 Å². The molecule has 112 valence electrons. The number of phenols is 2. The van der Waals surface area contributed by atoms with Crippen LogP contribution in [0.5, 0.6) is 11.5 Å². The van der Waals surface area contributed by atoms with E-state index in [0.717, 1.165) is 47.5 Å². The largest absolute Gasteiger partial charge is 0.508 e. The highest BCUT2D eigenvalue weighted by Crippen LogP contribution is 2.37. The van der Waals surface area contributed by atoms with E-state index in [1.54, 1.807) is 12.1 Å². The fourth-order valence-corrected chi connectivity index (χ4v) is 3.59. The van der Waals surface area contributed by atoms with Crippen LogP contribution in [-0.2, 0) is 0 Å². The van der Waals surface area contributed by atoms with Crippen LogP contribution in [0.25, 0.3) is 0 Å². The van der Waals surface area contributed by atoms with Gasteiger partial charge in [-0.05, 0) is 48.9 Å². The van der Waals surface area contributed by atoms with Crippen LogP contribution < -0.4 is 5.32 Å². The van der Waals surface area contributed by atoms with Gasteiger partial charge in [0, 0.05) is 18.5 Å². The van der Waals surface area contributed by atoms with E-state index >= 15 is 0 Å². The maximum Gasteiger partial charge on any atom is 0.234 e. The van der Waals surface area contributed by atoms with Crippen molar-refractivity contribution in [3.05, 3.63) is 58.7 Å². The summed E-state index contributed by atoms with van der Waals surface area (Å²) >= 11 is 0. The Morgan fingerprint density at radius 1 is 1.14 bits per heavy atom. The van der Waals surface area contributed by atoms with Crippen LogP contribution in [0, 0.1) is 6.92 Å². The van der Waals surface area contributed by atoms with Crippen LogP contribution in [0.2, 0.25) is 0 Å². The van der Waals surface area contributed by atoms with Gasteiger partial charge in [0.15, 0.2) is 0 Å². The molecule has 0 bridgehead atoms. The second-order valence-electron chi connectivity index (χ2n) is 6.05. The van der Waals surface area contributed by atoms with Crippen molar-refractivity contribution in [1.82, 2.24) is 5.32 Å². The Balaban J connectivity index is 1.97. The minimum Gasteiger partial charge on any atom is -0.508 e. The Morgan fingerprint density at radius 2 is 1.91 bits per heavy atom. The van der Waals surface area contributed by atoms with Gasteiger partial charge in [0.2, 0.25) is 11.9 Å². The van der Waals surface area contributed by atoms with Gasteiger partial charge in [0.1, 0.15) is 18.0 Å². The standard InChI is InChI=1S/C18H18N2O2/c1-11-9-14-16(15(22)10-11)17(12-3-5-13(21)6-4-12)20-8-2-7-19-18(14)20/h3-6,9-10,18-19H,2,7-8H2,1H3,(H,21,22)/p+1. The maximum absolute atomic E-state index is 10.5. The summed E-state index contributed by atoms with van der Waals surface area (Å²) in [5.74, 6) is 0.582. The minimum absolute atomic E-state index is 0.123. The molecular weight excluding hydrogens is 276 g/mol. The summed E-state index contributed by atoms with van der Waals surface area (Å²) in [5.41, 5.74) is 5.18. The molecule has 2 aromatic rings. The molecule has 2 aliphatic heterocycles. The van der Waals surface area contributed by atoms with E-state index in [1.807, 2.05) is 25.1 Å². The second-order valence-corrected chi connectivity index (χ2v) is 6.05. The first-order valence-corrected chi connectivity index (χ1v) is 7.65. The average Bonchev–Trinajstić information content (AvgIpc) is 2.83. The maximum atomic E-state index is 10.5. The fourth-order valence-electron chi connectivity index (χ4n) is 3.59. The van der Waals surface area contributed by atoms with Crippen molar-refractivity contribution in [1.29, 1.82) is 0 Å². The highest BCUT2D eigenvalue weighted by atomic mass is 16.3. The van der Waals surface area contributed by atoms with E-state index in [9.17, 15) is 10.2 Å². The Labute approximate surface area is 129 Å². The Hall–Kier alpha value is -2.33. The number of hydrogen-bond donors (Lipinski definition) is 3. The SMILES string of the molecule is Cc1cc(O)c2c(c1)C1NCCC[N+]1=C2c1ccc(O)cc1. The third-order valence-electron chi connectivity index (χ3n) is 4.48. The van der Waals surface area contributed by atoms with Gasteiger partial charge < -0.3 is 10.2 Å². The number of aryl methyl sites for hydroxylation is 1. The fraction of sp³-hybridized carbons (Fsp3) is 0.278. The normalized spacial score (nSPS) is 20.0. The smallest absolute Gasteiger partial charge is 0.234 e. The lowest BCUT2D eigenvalue weighted by atomic mass is 9.96. The monoisotopic (exact) mass is 295 g/mol. The Kier molecular flexibility index (Phi) is 2.94. The summed E-state index contributed by atoms with van der Waals surface area (Å²) in [6, 6.07) is 11.2. The van der Waals surface area contributed by atoms with Crippen LogP contribution >= 0.6 is 0 Å². The molecule has 1 saturated heterocycles. The van der Waals surface area contributed by atoms with Crippen LogP contribution in [0.15, 0.2) is 36.4 Å². The van der Waals surface area contributed by atoms with Crippen molar-refractivity contribution in [2.24, 2.45) is 0 Å². The number of phenolic OH excluding ortho intramolecular Hbond substituents is 2. The van der Waals surface area contributed by atoms with E-state index < -0.39 is 0 Å². The topological polar surface area (TPSA) is 55.5 Å². The molecule has 0 spiro atoms. The molecule has 2 aliphatic rings. The average molecular weight is 295 g/mol. The van der Waals surface area contributed by atoms with Crippen molar-refractivity contribution < 1.29 is 14.8 Å². The van der Waals surface area contributed by atoms with Crippen LogP contribution in [0.3, 0.4) is 0 Å². The molecule has 22 heavy (non-hydrogen) atoms. The molecule has 1 atom stereocenters. The number of benzene rings is 2. The Bertz CT molecular complexity index is 778. The predicted molar refractivity (Wildman–Crippen MR) is 84.6 cm³/mol. The van der Waals surface area contributed by atoms with Crippen LogP contribution in [-0.4, -0.2) is 33.6 Å². The first-order valence-electron chi connectivity index (χ1n) is 7.65. The number of rotatable bonds is 1. The molecule has 2 aromatic carbocycles. The number of nitrogens with one attached hydrogen (secondary N) is 1. The summed E-state index contributed by atoms with van der Waals surface area (Å²) < 4.78 is 2.32. The molecule has 4 rings (SSSR count). The van der Waals surface area contributed by atoms with Crippen molar-refractivity contribution in [2.75, 3.05) is 13.1 Å². The lowest BCUT2D eigenvalue weighted by molar-refractivity contribution is -0.582. The number of fused-ring (bicyclic) bond motifs is 3. The Morgan fingerprint density at radius 3 is 2.68 bits per heavy atom. The van der Waals surface area contributed by atoms with Gasteiger partial charge in [-0.1, -0.05) is 0 Å². The van der Waals surface area contributed by atoms with Crippen molar-refractivity contribution >= 4 is 5.71 Å². The van der Waals surface area contributed by atoms with E-state index in [-0.39, 0.29) is 11.9 Å². The van der Waals surface area contributed by atoms with Crippen LogP contribution in [0.1, 0.15) is 34.8 Å². The number of hydrogen-bond acceptors (Lipinski definition) is 3. The lowest BCUT2D eigenvalue weighted by Gasteiger charge is -2.19. The summed E-state index contributed by atoms with van der Waals surface area (Å²) in [4.78, 5) is 0. The summed E-state index contributed by atoms with van der Waals surface area (Å²) in [6.07, 6.45) is 1.20. The third-order valence-corrected chi connectivity index (χ3v) is 4.48. The van der Waals surface area contributed by atoms with Gasteiger partial charge in [-0.3, -0.25) is 5.32 Å². The van der Waals surface area contributed by atoms with Crippen molar-refractivity contribution in [3.63, 3.8) is 0 Å². The molecule has 0 amide bonds. The second kappa shape index (κ2) is 4.85. The number of aromatic hydroxyl groups is 2. The van der Waals surface area contributed by atoms with E-state index in [4.69, 9.17) is 0 Å². The van der Waals surface area contributed by atoms with Crippen LogP contribution in [0.4, 0.5) is 0 Å². The third kappa shape index (κ3) is 1.91. The molecule has 3 N–H and O–H groups in total. The summed E-state index contributed by atoms with van der Waals surface area (Å²) in [5, 5.41) is 23.6. The molecule has 1 fully saturated rings. The molecule has 1 unspecified atom stereocenters. The molecule has 2 heterocycles. The quantitative estimate of drug-likeness (QED) is 0.707. The molecule has 4 heteroatoms. The van der Waals surface area contributed by atoms with E-state index in [0.29, 0.717) is 5.75 Å². The molecule has 0 aromatic heterocycles. The minimum atomic E-state index is 0.123. The number of nitrogens with zero attached hydrogens (tertiary/aromatic N) is 1. The first kappa shape index (κ1) is 13.3. The highest BCUT2D eigenvalue weighted by Gasteiger charge is 2.42. The van der Waals surface area contributed by atoms with Gasteiger partial charge in [0.05, 0.1) is 11.1 Å². The molecule has 0 radical (unpaired) electrons. The van der Waals surface area contributed by atoms with Gasteiger partial charge >= 0.3 is 0 Å². The zero-order valence-electron chi connectivity index (χ0n) is 12.5. The summed E-state index contributed by atoms with van der Waals surface area (Å²) in [7, 11) is 0. The molecule has 0 aliphatic carbocycles.